The minimum absolute atomic E-state index is 0.0448. The monoisotopic (exact) mass is 373 g/mol. The Balaban J connectivity index is 1.72. The van der Waals surface area contributed by atoms with Crippen molar-refractivity contribution in [1.29, 1.82) is 0 Å². The van der Waals surface area contributed by atoms with E-state index in [1.54, 1.807) is 20.5 Å². The fourth-order valence-corrected chi connectivity index (χ4v) is 3.23. The van der Waals surface area contributed by atoms with Gasteiger partial charge >= 0.3 is 0 Å². The van der Waals surface area contributed by atoms with Crippen molar-refractivity contribution < 1.29 is 14.2 Å². The second-order valence-corrected chi connectivity index (χ2v) is 6.26. The van der Waals surface area contributed by atoms with Gasteiger partial charge in [-0.1, -0.05) is 0 Å². The normalized spacial score (nSPS) is 16.8. The van der Waals surface area contributed by atoms with Gasteiger partial charge in [0, 0.05) is 18.4 Å². The van der Waals surface area contributed by atoms with Gasteiger partial charge in [-0.15, -0.1) is 12.6 Å². The van der Waals surface area contributed by atoms with Gasteiger partial charge in [0.2, 0.25) is 0 Å². The molecular weight excluding hydrogens is 354 g/mol. The SMILES string of the molecule is COc1ccc(Nc2nc(S)nc3c2ncn3C2CCCO2)cc1OC. The van der Waals surface area contributed by atoms with Gasteiger partial charge in [0.1, 0.15) is 6.23 Å². The van der Waals surface area contributed by atoms with Crippen molar-refractivity contribution in [2.24, 2.45) is 0 Å². The van der Waals surface area contributed by atoms with Crippen LogP contribution in [0.3, 0.4) is 0 Å². The van der Waals surface area contributed by atoms with E-state index in [4.69, 9.17) is 14.2 Å². The summed E-state index contributed by atoms with van der Waals surface area (Å²) in [7, 11) is 3.20. The number of anilines is 2. The molecule has 0 amide bonds. The lowest BCUT2D eigenvalue weighted by atomic mass is 10.2. The molecule has 2 aromatic heterocycles. The molecule has 1 saturated heterocycles. The van der Waals surface area contributed by atoms with Gasteiger partial charge in [-0.25, -0.2) is 15.0 Å². The van der Waals surface area contributed by atoms with Crippen LogP contribution in [0.15, 0.2) is 29.7 Å². The van der Waals surface area contributed by atoms with E-state index in [9.17, 15) is 0 Å². The largest absolute Gasteiger partial charge is 0.493 e. The van der Waals surface area contributed by atoms with Gasteiger partial charge in [0.15, 0.2) is 33.6 Å². The molecule has 1 atom stereocenters. The Morgan fingerprint density at radius 1 is 1.23 bits per heavy atom. The Hall–Kier alpha value is -2.52. The predicted molar refractivity (Wildman–Crippen MR) is 99.6 cm³/mol. The van der Waals surface area contributed by atoms with E-state index >= 15 is 0 Å². The molecule has 0 radical (unpaired) electrons. The molecule has 1 aromatic carbocycles. The number of benzene rings is 1. The van der Waals surface area contributed by atoms with Crippen molar-refractivity contribution in [1.82, 2.24) is 19.5 Å². The van der Waals surface area contributed by atoms with Gasteiger partial charge < -0.3 is 19.5 Å². The number of rotatable bonds is 5. The Bertz CT molecular complexity index is 940. The molecule has 0 aliphatic carbocycles. The van der Waals surface area contributed by atoms with Crippen LogP contribution in [0.5, 0.6) is 11.5 Å². The number of ether oxygens (including phenoxy) is 3. The van der Waals surface area contributed by atoms with Gasteiger partial charge in [0.05, 0.1) is 20.5 Å². The highest BCUT2D eigenvalue weighted by Crippen LogP contribution is 2.33. The van der Waals surface area contributed by atoms with E-state index in [-0.39, 0.29) is 6.23 Å². The van der Waals surface area contributed by atoms with Crippen LogP contribution < -0.4 is 14.8 Å². The summed E-state index contributed by atoms with van der Waals surface area (Å²) in [6.45, 7) is 0.750. The molecule has 0 bridgehead atoms. The van der Waals surface area contributed by atoms with Crippen molar-refractivity contribution in [3.05, 3.63) is 24.5 Å². The molecule has 1 fully saturated rings. The van der Waals surface area contributed by atoms with E-state index in [0.29, 0.717) is 33.6 Å². The van der Waals surface area contributed by atoms with Crippen molar-refractivity contribution in [2.45, 2.75) is 24.2 Å². The molecule has 9 heteroatoms. The molecule has 3 heterocycles. The summed E-state index contributed by atoms with van der Waals surface area (Å²) in [6.07, 6.45) is 3.66. The Labute approximate surface area is 155 Å². The van der Waals surface area contributed by atoms with E-state index in [1.807, 2.05) is 22.8 Å². The van der Waals surface area contributed by atoms with Crippen LogP contribution in [-0.4, -0.2) is 40.3 Å². The van der Waals surface area contributed by atoms with Crippen LogP contribution in [0, 0.1) is 0 Å². The first-order valence-corrected chi connectivity index (χ1v) is 8.68. The topological polar surface area (TPSA) is 83.3 Å². The lowest BCUT2D eigenvalue weighted by Gasteiger charge is -2.13. The van der Waals surface area contributed by atoms with Crippen LogP contribution in [-0.2, 0) is 4.74 Å². The number of nitrogens with one attached hydrogen (secondary N) is 1. The number of imidazole rings is 1. The van der Waals surface area contributed by atoms with Crippen molar-refractivity contribution >= 4 is 35.3 Å². The molecule has 1 aliphatic heterocycles. The maximum absolute atomic E-state index is 5.75. The molecular formula is C17H19N5O3S. The minimum atomic E-state index is -0.0448. The third-order valence-electron chi connectivity index (χ3n) is 4.27. The lowest BCUT2D eigenvalue weighted by Crippen LogP contribution is -2.07. The second-order valence-electron chi connectivity index (χ2n) is 5.86. The molecule has 1 unspecified atom stereocenters. The maximum atomic E-state index is 5.75. The fourth-order valence-electron chi connectivity index (χ4n) is 3.03. The summed E-state index contributed by atoms with van der Waals surface area (Å²) in [4.78, 5) is 13.3. The van der Waals surface area contributed by atoms with Crippen LogP contribution in [0.1, 0.15) is 19.1 Å². The van der Waals surface area contributed by atoms with Crippen molar-refractivity contribution in [3.8, 4) is 11.5 Å². The van der Waals surface area contributed by atoms with E-state index in [1.165, 1.54) is 0 Å². The quantitative estimate of drug-likeness (QED) is 0.525. The Morgan fingerprint density at radius 3 is 2.81 bits per heavy atom. The summed E-state index contributed by atoms with van der Waals surface area (Å²) in [5.41, 5.74) is 2.15. The smallest absolute Gasteiger partial charge is 0.188 e. The predicted octanol–water partition coefficient (Wildman–Crippen LogP) is 3.18. The molecule has 0 saturated carbocycles. The highest BCUT2D eigenvalue weighted by Gasteiger charge is 2.22. The van der Waals surface area contributed by atoms with Crippen LogP contribution >= 0.6 is 12.6 Å². The van der Waals surface area contributed by atoms with Crippen molar-refractivity contribution in [2.75, 3.05) is 26.1 Å². The zero-order valence-electron chi connectivity index (χ0n) is 14.5. The van der Waals surface area contributed by atoms with Crippen LogP contribution in [0.2, 0.25) is 0 Å². The number of methoxy groups -OCH3 is 2. The summed E-state index contributed by atoms with van der Waals surface area (Å²) in [6, 6.07) is 5.54. The number of thiol groups is 1. The molecule has 8 nitrogen and oxygen atoms in total. The average Bonchev–Trinajstić information content (AvgIpc) is 3.30. The average molecular weight is 373 g/mol. The third kappa shape index (κ3) is 3.04. The summed E-state index contributed by atoms with van der Waals surface area (Å²) in [5, 5.41) is 3.63. The Kier molecular flexibility index (Phi) is 4.56. The standard InChI is InChI=1S/C17H19N5O3S/c1-23-11-6-5-10(8-12(11)24-2)19-15-14-16(21-17(26)20-15)22(9-18-14)13-4-3-7-25-13/h5-6,8-9,13H,3-4,7H2,1-2H3,(H2,19,20,21,26). The number of hydrogen-bond donors (Lipinski definition) is 2. The zero-order chi connectivity index (χ0) is 18.1. The molecule has 1 N–H and O–H groups in total. The lowest BCUT2D eigenvalue weighted by molar-refractivity contribution is 0.0592. The minimum Gasteiger partial charge on any atom is -0.493 e. The van der Waals surface area contributed by atoms with Crippen LogP contribution in [0.25, 0.3) is 11.2 Å². The van der Waals surface area contributed by atoms with Gasteiger partial charge in [-0.05, 0) is 25.0 Å². The first-order chi connectivity index (χ1) is 12.7. The zero-order valence-corrected chi connectivity index (χ0v) is 15.4. The van der Waals surface area contributed by atoms with Gasteiger partial charge in [0.25, 0.3) is 0 Å². The highest BCUT2D eigenvalue weighted by molar-refractivity contribution is 7.80. The summed E-state index contributed by atoms with van der Waals surface area (Å²) in [5.74, 6) is 1.85. The van der Waals surface area contributed by atoms with Gasteiger partial charge in [-0.2, -0.15) is 0 Å². The molecule has 0 spiro atoms. The van der Waals surface area contributed by atoms with Crippen molar-refractivity contribution in [3.63, 3.8) is 0 Å². The second kappa shape index (κ2) is 7.00. The highest BCUT2D eigenvalue weighted by atomic mass is 32.1. The Morgan fingerprint density at radius 2 is 2.08 bits per heavy atom. The molecule has 3 aromatic rings. The molecule has 136 valence electrons. The fraction of sp³-hybridized carbons (Fsp3) is 0.353. The number of nitrogens with zero attached hydrogens (tertiary/aromatic N) is 4. The first-order valence-electron chi connectivity index (χ1n) is 8.24. The number of aromatic nitrogens is 4. The number of hydrogen-bond acceptors (Lipinski definition) is 8. The molecule has 4 rings (SSSR count). The third-order valence-corrected chi connectivity index (χ3v) is 4.47. The summed E-state index contributed by atoms with van der Waals surface area (Å²) >= 11 is 4.34. The number of fused-ring (bicyclic) bond motifs is 1. The molecule has 1 aliphatic rings. The van der Waals surface area contributed by atoms with E-state index < -0.39 is 0 Å². The molecule has 26 heavy (non-hydrogen) atoms. The van der Waals surface area contributed by atoms with Crippen LogP contribution in [0.4, 0.5) is 11.5 Å². The van der Waals surface area contributed by atoms with E-state index in [0.717, 1.165) is 25.1 Å². The first kappa shape index (κ1) is 16.9. The maximum Gasteiger partial charge on any atom is 0.188 e. The van der Waals surface area contributed by atoms with E-state index in [2.05, 4.69) is 32.9 Å². The van der Waals surface area contributed by atoms with Gasteiger partial charge in [-0.3, -0.25) is 4.57 Å². The summed E-state index contributed by atoms with van der Waals surface area (Å²) < 4.78 is 18.3.